The summed E-state index contributed by atoms with van der Waals surface area (Å²) >= 11 is 1.43. The van der Waals surface area contributed by atoms with E-state index in [1.54, 1.807) is 22.8 Å². The van der Waals surface area contributed by atoms with Crippen LogP contribution < -0.4 is 4.90 Å². The van der Waals surface area contributed by atoms with Gasteiger partial charge in [0.15, 0.2) is 4.87 Å². The number of thioether (sulfide) groups is 1. The normalized spacial score (nSPS) is 24.0. The van der Waals surface area contributed by atoms with E-state index in [4.69, 9.17) is 0 Å². The van der Waals surface area contributed by atoms with Crippen molar-refractivity contribution in [2.45, 2.75) is 25.1 Å². The van der Waals surface area contributed by atoms with Gasteiger partial charge in [0.25, 0.3) is 5.91 Å². The van der Waals surface area contributed by atoms with E-state index in [-0.39, 0.29) is 17.6 Å². The molecule has 1 atom stereocenters. The van der Waals surface area contributed by atoms with Crippen molar-refractivity contribution in [2.75, 3.05) is 23.7 Å². The molecule has 1 aromatic rings. The predicted molar refractivity (Wildman–Crippen MR) is 80.6 cm³/mol. The van der Waals surface area contributed by atoms with Crippen molar-refractivity contribution in [1.29, 1.82) is 0 Å². The highest BCUT2D eigenvalue weighted by Gasteiger charge is 2.58. The number of benzene rings is 1. The molecule has 112 valence electrons. The number of rotatable bonds is 2. The fourth-order valence-corrected chi connectivity index (χ4v) is 4.62. The van der Waals surface area contributed by atoms with E-state index < -0.39 is 4.87 Å². The average Bonchev–Trinajstić information content (AvgIpc) is 3.02. The van der Waals surface area contributed by atoms with Gasteiger partial charge in [0, 0.05) is 30.8 Å². The largest absolute Gasteiger partial charge is 0.315 e. The van der Waals surface area contributed by atoms with Crippen LogP contribution in [0.25, 0.3) is 0 Å². The first kappa shape index (κ1) is 14.4. The molecule has 0 aliphatic carbocycles. The topological polar surface area (TPSA) is 40.6 Å². The third-order valence-corrected chi connectivity index (χ3v) is 5.49. The molecule has 6 heteroatoms. The molecule has 0 saturated carbocycles. The van der Waals surface area contributed by atoms with Crippen molar-refractivity contribution >= 4 is 29.3 Å². The van der Waals surface area contributed by atoms with E-state index in [1.807, 2.05) is 6.92 Å². The minimum atomic E-state index is -1.07. The van der Waals surface area contributed by atoms with Crippen LogP contribution in [0.5, 0.6) is 0 Å². The van der Waals surface area contributed by atoms with Crippen molar-refractivity contribution in [3.8, 4) is 0 Å². The molecule has 21 heavy (non-hydrogen) atoms. The molecule has 2 amide bonds. The van der Waals surface area contributed by atoms with Crippen LogP contribution in [0.4, 0.5) is 10.1 Å². The molecule has 1 saturated heterocycles. The van der Waals surface area contributed by atoms with E-state index in [9.17, 15) is 14.0 Å². The van der Waals surface area contributed by atoms with Gasteiger partial charge in [-0.05, 0) is 25.1 Å². The fraction of sp³-hybridized carbons (Fsp3) is 0.467. The standard InChI is InChI=1S/C15H17FN2O2S/c1-3-13(19)18-7-8-21-15(18)11-9-10(16)5-6-12(11)17(4-2)14(15)20/h5-6,9H,3-4,7-8H2,1-2H3. The Bertz CT molecular complexity index is 622. The molecule has 1 aromatic carbocycles. The number of amides is 2. The Morgan fingerprint density at radius 2 is 2.19 bits per heavy atom. The molecule has 0 N–H and O–H groups in total. The van der Waals surface area contributed by atoms with Gasteiger partial charge in [-0.25, -0.2) is 4.39 Å². The van der Waals surface area contributed by atoms with Gasteiger partial charge in [-0.15, -0.1) is 11.8 Å². The number of halogens is 1. The maximum Gasteiger partial charge on any atom is 0.268 e. The number of likely N-dealkylation sites (N-methyl/N-ethyl adjacent to an activating group) is 1. The number of anilines is 1. The highest BCUT2D eigenvalue weighted by molar-refractivity contribution is 8.01. The Morgan fingerprint density at radius 1 is 1.43 bits per heavy atom. The molecule has 0 radical (unpaired) electrons. The van der Waals surface area contributed by atoms with Crippen LogP contribution >= 0.6 is 11.8 Å². The number of nitrogens with zero attached hydrogens (tertiary/aromatic N) is 2. The molecule has 1 fully saturated rings. The first-order valence-corrected chi connectivity index (χ1v) is 8.11. The summed E-state index contributed by atoms with van der Waals surface area (Å²) in [5.41, 5.74) is 1.32. The van der Waals surface area contributed by atoms with Crippen LogP contribution in [-0.2, 0) is 14.5 Å². The summed E-state index contributed by atoms with van der Waals surface area (Å²) in [6.45, 7) is 4.70. The summed E-state index contributed by atoms with van der Waals surface area (Å²) < 4.78 is 13.7. The van der Waals surface area contributed by atoms with Gasteiger partial charge in [0.1, 0.15) is 5.82 Å². The lowest BCUT2D eigenvalue weighted by Gasteiger charge is -2.33. The number of hydrogen-bond acceptors (Lipinski definition) is 3. The van der Waals surface area contributed by atoms with Crippen molar-refractivity contribution in [2.24, 2.45) is 0 Å². The quantitative estimate of drug-likeness (QED) is 0.842. The molecule has 2 aliphatic heterocycles. The van der Waals surface area contributed by atoms with Crippen LogP contribution in [-0.4, -0.2) is 35.6 Å². The van der Waals surface area contributed by atoms with Gasteiger partial charge in [-0.3, -0.25) is 9.59 Å². The maximum atomic E-state index is 13.7. The summed E-state index contributed by atoms with van der Waals surface area (Å²) in [7, 11) is 0. The lowest BCUT2D eigenvalue weighted by atomic mass is 10.1. The summed E-state index contributed by atoms with van der Waals surface area (Å²) in [4.78, 5) is 27.4. The number of fused-ring (bicyclic) bond motifs is 2. The molecule has 1 unspecified atom stereocenters. The van der Waals surface area contributed by atoms with E-state index >= 15 is 0 Å². The average molecular weight is 308 g/mol. The van der Waals surface area contributed by atoms with Crippen molar-refractivity contribution < 1.29 is 14.0 Å². The number of carbonyl (C=O) groups is 2. The van der Waals surface area contributed by atoms with E-state index in [2.05, 4.69) is 0 Å². The molecular formula is C15H17FN2O2S. The van der Waals surface area contributed by atoms with Gasteiger partial charge < -0.3 is 9.80 Å². The van der Waals surface area contributed by atoms with Crippen LogP contribution in [0.1, 0.15) is 25.8 Å². The van der Waals surface area contributed by atoms with E-state index in [1.165, 1.54) is 23.9 Å². The van der Waals surface area contributed by atoms with E-state index in [0.29, 0.717) is 36.5 Å². The maximum absolute atomic E-state index is 13.7. The van der Waals surface area contributed by atoms with E-state index in [0.717, 1.165) is 0 Å². The molecule has 3 rings (SSSR count). The first-order valence-electron chi connectivity index (χ1n) is 7.12. The van der Waals surface area contributed by atoms with Crippen molar-refractivity contribution in [3.05, 3.63) is 29.6 Å². The van der Waals surface area contributed by atoms with Gasteiger partial charge >= 0.3 is 0 Å². The first-order chi connectivity index (χ1) is 10.1. The summed E-state index contributed by atoms with van der Waals surface area (Å²) in [6.07, 6.45) is 0.340. The summed E-state index contributed by atoms with van der Waals surface area (Å²) in [5.74, 6) is 0.108. The van der Waals surface area contributed by atoms with Gasteiger partial charge in [0.2, 0.25) is 5.91 Å². The summed E-state index contributed by atoms with van der Waals surface area (Å²) in [5, 5.41) is 0. The van der Waals surface area contributed by atoms with Crippen LogP contribution in [0.3, 0.4) is 0 Å². The third kappa shape index (κ3) is 1.81. The molecule has 2 aliphatic rings. The smallest absolute Gasteiger partial charge is 0.268 e. The highest BCUT2D eigenvalue weighted by Crippen LogP contribution is 2.54. The molecule has 1 spiro atoms. The molecule has 4 nitrogen and oxygen atoms in total. The predicted octanol–water partition coefficient (Wildman–Crippen LogP) is 2.33. The molecular weight excluding hydrogens is 291 g/mol. The third-order valence-electron chi connectivity index (χ3n) is 4.08. The summed E-state index contributed by atoms with van der Waals surface area (Å²) in [6, 6.07) is 4.39. The van der Waals surface area contributed by atoms with Crippen molar-refractivity contribution in [1.82, 2.24) is 4.90 Å². The minimum absolute atomic E-state index is 0.0680. The Kier molecular flexibility index (Phi) is 3.43. The Morgan fingerprint density at radius 3 is 2.86 bits per heavy atom. The van der Waals surface area contributed by atoms with Crippen LogP contribution in [0, 0.1) is 5.82 Å². The number of hydrogen-bond donors (Lipinski definition) is 0. The van der Waals surface area contributed by atoms with Crippen LogP contribution in [0.2, 0.25) is 0 Å². The lowest BCUT2D eigenvalue weighted by Crippen LogP contribution is -2.50. The Hall–Kier alpha value is -1.56. The van der Waals surface area contributed by atoms with Gasteiger partial charge in [-0.2, -0.15) is 0 Å². The van der Waals surface area contributed by atoms with Crippen molar-refractivity contribution in [3.63, 3.8) is 0 Å². The van der Waals surface area contributed by atoms with Gasteiger partial charge in [0.05, 0.1) is 5.69 Å². The molecule has 2 heterocycles. The Balaban J connectivity index is 2.21. The zero-order chi connectivity index (χ0) is 15.2. The van der Waals surface area contributed by atoms with Crippen LogP contribution in [0.15, 0.2) is 18.2 Å². The highest BCUT2D eigenvalue weighted by atomic mass is 32.2. The monoisotopic (exact) mass is 308 g/mol. The Labute approximate surface area is 127 Å². The second-order valence-electron chi connectivity index (χ2n) is 5.10. The SMILES string of the molecule is CCC(=O)N1CCSC12C(=O)N(CC)c1ccc(F)cc12. The second kappa shape index (κ2) is 5.02. The minimum Gasteiger partial charge on any atom is -0.315 e. The lowest BCUT2D eigenvalue weighted by molar-refractivity contribution is -0.139. The zero-order valence-corrected chi connectivity index (χ0v) is 12.9. The fourth-order valence-electron chi connectivity index (χ4n) is 3.15. The molecule has 0 bridgehead atoms. The number of carbonyl (C=O) groups excluding carboxylic acids is 2. The zero-order valence-electron chi connectivity index (χ0n) is 12.1. The van der Waals surface area contributed by atoms with Gasteiger partial charge in [-0.1, -0.05) is 6.92 Å². The molecule has 0 aromatic heterocycles. The second-order valence-corrected chi connectivity index (χ2v) is 6.39.